The van der Waals surface area contributed by atoms with E-state index in [0.717, 1.165) is 6.42 Å². The summed E-state index contributed by atoms with van der Waals surface area (Å²) in [6.07, 6.45) is 13.2. The topological polar surface area (TPSA) is 26.3 Å². The van der Waals surface area contributed by atoms with Crippen molar-refractivity contribution < 1.29 is 49.9 Å². The second kappa shape index (κ2) is 18.8. The maximum atomic E-state index is 9.94. The molecule has 0 aromatic rings. The van der Waals surface area contributed by atoms with Crippen LogP contribution in [0.3, 0.4) is 0 Å². The van der Waals surface area contributed by atoms with Crippen LogP contribution in [0.5, 0.6) is 0 Å². The summed E-state index contributed by atoms with van der Waals surface area (Å²) in [5.74, 6) is 0. The van der Waals surface area contributed by atoms with Crippen molar-refractivity contribution in [3.8, 4) is 0 Å². The second-order valence-corrected chi connectivity index (χ2v) is 4.50. The van der Waals surface area contributed by atoms with E-state index in [1.54, 1.807) is 0 Å². The third-order valence-electron chi connectivity index (χ3n) is 2.64. The van der Waals surface area contributed by atoms with Crippen molar-refractivity contribution in [2.45, 2.75) is 71.1 Å². The van der Waals surface area contributed by atoms with Crippen LogP contribution in [0.25, 0.3) is 0 Å². The van der Waals surface area contributed by atoms with E-state index in [1.165, 1.54) is 57.8 Å². The summed E-state index contributed by atoms with van der Waals surface area (Å²) in [5, 5.41) is 0. The van der Waals surface area contributed by atoms with Gasteiger partial charge in [-0.05, 0) is 6.42 Å². The average Bonchev–Trinajstić information content (AvgIpc) is 2.26. The third kappa shape index (κ3) is 17.8. The van der Waals surface area contributed by atoms with Crippen molar-refractivity contribution in [2.24, 2.45) is 0 Å². The van der Waals surface area contributed by atoms with Gasteiger partial charge in [0.1, 0.15) is 0 Å². The summed E-state index contributed by atoms with van der Waals surface area (Å²) in [5.41, 5.74) is 0. The number of hydrogen-bond donors (Lipinski definition) is 0. The predicted molar refractivity (Wildman–Crippen MR) is 65.4 cm³/mol. The van der Waals surface area contributed by atoms with E-state index in [4.69, 9.17) is 4.52 Å². The van der Waals surface area contributed by atoms with Crippen molar-refractivity contribution >= 4 is 8.69 Å². The number of hydrogen-bond acceptors (Lipinski definition) is 2. The van der Waals surface area contributed by atoms with Crippen molar-refractivity contribution in [2.75, 3.05) is 6.61 Å². The normalized spacial score (nSPS) is 10.3. The molecule has 0 rings (SSSR count). The first-order valence-electron chi connectivity index (χ1n) is 6.36. The minimum atomic E-state index is -0.175. The first-order valence-corrected chi connectivity index (χ1v) is 7.09. The minimum Gasteiger partial charge on any atom is -0.294 e. The Labute approximate surface area is 135 Å². The smallest absolute Gasteiger partial charge is 0.294 e. The Balaban J connectivity index is 0. The van der Waals surface area contributed by atoms with Crippen LogP contribution in [0.1, 0.15) is 71.1 Å². The van der Waals surface area contributed by atoms with Crippen LogP contribution in [0.4, 0.5) is 0 Å². The van der Waals surface area contributed by atoms with E-state index in [-0.39, 0.29) is 49.5 Å². The summed E-state index contributed by atoms with van der Waals surface area (Å²) in [7, 11) is -0.175. The van der Waals surface area contributed by atoms with Gasteiger partial charge in [0.15, 0.2) is 0 Å². The maximum Gasteiger partial charge on any atom is 0.327 e. The van der Waals surface area contributed by atoms with E-state index in [2.05, 4.69) is 6.92 Å². The Morgan fingerprint density at radius 2 is 1.25 bits per heavy atom. The van der Waals surface area contributed by atoms with Gasteiger partial charge in [-0.2, -0.15) is 0 Å². The van der Waals surface area contributed by atoms with Crippen molar-refractivity contribution in [3.05, 3.63) is 0 Å². The standard InChI is InChI=1S/C12H25O2P.Nd/c1-2-3-4-5-6-7-8-9-10-11-12-14-15-13;/h2-12H2,1H3;. The van der Waals surface area contributed by atoms with Gasteiger partial charge >= 0.3 is 8.69 Å². The van der Waals surface area contributed by atoms with Gasteiger partial charge in [0.05, 0.1) is 6.61 Å². The molecule has 0 aromatic carbocycles. The summed E-state index contributed by atoms with van der Waals surface area (Å²) < 4.78 is 14.7. The molecule has 0 atom stereocenters. The van der Waals surface area contributed by atoms with Gasteiger partial charge in [0.2, 0.25) is 0 Å². The summed E-state index contributed by atoms with van der Waals surface area (Å²) in [4.78, 5) is 0. The zero-order valence-electron chi connectivity index (χ0n) is 10.5. The molecule has 0 fully saturated rings. The minimum absolute atomic E-state index is 0. The molecule has 0 saturated carbocycles. The largest absolute Gasteiger partial charge is 0.327 e. The quantitative estimate of drug-likeness (QED) is 0.349. The van der Waals surface area contributed by atoms with E-state index < -0.39 is 0 Å². The van der Waals surface area contributed by atoms with Gasteiger partial charge in [-0.1, -0.05) is 64.7 Å². The third-order valence-corrected chi connectivity index (χ3v) is 2.93. The van der Waals surface area contributed by atoms with E-state index >= 15 is 0 Å². The fraction of sp³-hybridized carbons (Fsp3) is 1.00. The monoisotopic (exact) mass is 374 g/mol. The summed E-state index contributed by atoms with van der Waals surface area (Å²) in [6.45, 7) is 2.89. The molecular weight excluding hydrogens is 351 g/mol. The van der Waals surface area contributed by atoms with Crippen LogP contribution in [0, 0.1) is 40.8 Å². The van der Waals surface area contributed by atoms with Crippen molar-refractivity contribution in [3.63, 3.8) is 0 Å². The van der Waals surface area contributed by atoms with Crippen LogP contribution in [0.2, 0.25) is 0 Å². The zero-order chi connectivity index (χ0) is 11.2. The molecule has 0 amide bonds. The summed E-state index contributed by atoms with van der Waals surface area (Å²) in [6, 6.07) is 0. The first-order chi connectivity index (χ1) is 7.41. The maximum absolute atomic E-state index is 9.94. The first kappa shape index (κ1) is 19.7. The molecule has 0 aromatic heterocycles. The van der Waals surface area contributed by atoms with E-state index in [0.29, 0.717) is 6.61 Å². The molecule has 16 heavy (non-hydrogen) atoms. The van der Waals surface area contributed by atoms with Crippen LogP contribution >= 0.6 is 8.69 Å². The Morgan fingerprint density at radius 1 is 0.812 bits per heavy atom. The Morgan fingerprint density at radius 3 is 1.69 bits per heavy atom. The number of rotatable bonds is 12. The molecule has 0 spiro atoms. The molecule has 0 aliphatic carbocycles. The molecular formula is C12H25NdO2P. The number of unbranched alkanes of at least 4 members (excludes halogenated alkanes) is 9. The van der Waals surface area contributed by atoms with Gasteiger partial charge < -0.3 is 0 Å². The molecule has 0 unspecified atom stereocenters. The SMILES string of the molecule is CCCCCCCCCCCCOP=O.[Nd]. The van der Waals surface area contributed by atoms with Gasteiger partial charge in [-0.25, -0.2) is 4.57 Å². The van der Waals surface area contributed by atoms with Gasteiger partial charge in [-0.15, -0.1) is 0 Å². The zero-order valence-corrected chi connectivity index (χ0v) is 14.6. The molecule has 0 aliphatic heterocycles. The van der Waals surface area contributed by atoms with Gasteiger partial charge in [-0.3, -0.25) is 4.52 Å². The molecule has 4 heteroatoms. The van der Waals surface area contributed by atoms with Crippen molar-refractivity contribution in [1.82, 2.24) is 0 Å². The molecule has 0 saturated heterocycles. The van der Waals surface area contributed by atoms with Crippen molar-refractivity contribution in [1.29, 1.82) is 0 Å². The van der Waals surface area contributed by atoms with Crippen LogP contribution in [0.15, 0.2) is 0 Å². The fourth-order valence-corrected chi connectivity index (χ4v) is 1.89. The van der Waals surface area contributed by atoms with E-state index in [1.807, 2.05) is 0 Å². The van der Waals surface area contributed by atoms with Gasteiger partial charge in [0.25, 0.3) is 0 Å². The molecule has 2 nitrogen and oxygen atoms in total. The van der Waals surface area contributed by atoms with Crippen LogP contribution in [-0.4, -0.2) is 6.61 Å². The molecule has 94 valence electrons. The molecule has 0 heterocycles. The molecule has 0 bridgehead atoms. The van der Waals surface area contributed by atoms with E-state index in [9.17, 15) is 4.57 Å². The average molecular weight is 377 g/mol. The molecule has 0 N–H and O–H groups in total. The fourth-order valence-electron chi connectivity index (χ4n) is 1.69. The Kier molecular flexibility index (Phi) is 23.2. The second-order valence-electron chi connectivity index (χ2n) is 4.09. The molecule has 0 aliphatic rings. The summed E-state index contributed by atoms with van der Waals surface area (Å²) >= 11 is 0. The molecule has 0 radical (unpaired) electrons. The predicted octanol–water partition coefficient (Wildman–Crippen LogP) is 5.13. The van der Waals surface area contributed by atoms with Crippen LogP contribution in [-0.2, 0) is 9.09 Å². The van der Waals surface area contributed by atoms with Gasteiger partial charge in [0, 0.05) is 40.8 Å². The Hall–Kier alpha value is 1.41. The van der Waals surface area contributed by atoms with Crippen LogP contribution < -0.4 is 0 Å². The Bertz CT molecular complexity index is 134.